The van der Waals surface area contributed by atoms with Crippen molar-refractivity contribution in [2.75, 3.05) is 26.2 Å². The Balaban J connectivity index is 2.01. The Bertz CT molecular complexity index is 481. The van der Waals surface area contributed by atoms with Crippen molar-refractivity contribution in [2.24, 2.45) is 10.9 Å². The molecule has 1 fully saturated rings. The molecule has 0 amide bonds. The van der Waals surface area contributed by atoms with Gasteiger partial charge in [0.1, 0.15) is 0 Å². The predicted molar refractivity (Wildman–Crippen MR) is 90.2 cm³/mol. The number of pyridine rings is 1. The molecule has 0 aromatic carbocycles. The summed E-state index contributed by atoms with van der Waals surface area (Å²) in [5, 5.41) is 3.41. The Morgan fingerprint density at radius 1 is 1.41 bits per heavy atom. The molecule has 0 atom stereocenters. The van der Waals surface area contributed by atoms with Crippen LogP contribution in [0, 0.1) is 5.92 Å². The molecule has 1 aliphatic heterocycles. The SMILES string of the molecule is CCNC(=NCc1ccnc(OCC)c1)N1CCC(C)CC1. The molecule has 0 aliphatic carbocycles. The summed E-state index contributed by atoms with van der Waals surface area (Å²) in [5.41, 5.74) is 1.12. The summed E-state index contributed by atoms with van der Waals surface area (Å²) in [7, 11) is 0. The first-order chi connectivity index (χ1) is 10.7. The zero-order valence-electron chi connectivity index (χ0n) is 14.0. The van der Waals surface area contributed by atoms with Gasteiger partial charge in [-0.25, -0.2) is 9.98 Å². The zero-order chi connectivity index (χ0) is 15.8. The molecule has 22 heavy (non-hydrogen) atoms. The monoisotopic (exact) mass is 304 g/mol. The third-order valence-electron chi connectivity index (χ3n) is 3.92. The molecule has 1 saturated heterocycles. The molecular weight excluding hydrogens is 276 g/mol. The first kappa shape index (κ1) is 16.6. The fraction of sp³-hybridized carbons (Fsp3) is 0.647. The number of nitrogens with zero attached hydrogens (tertiary/aromatic N) is 3. The Morgan fingerprint density at radius 2 is 2.18 bits per heavy atom. The summed E-state index contributed by atoms with van der Waals surface area (Å²) in [5.74, 6) is 2.52. The summed E-state index contributed by atoms with van der Waals surface area (Å²) in [6.07, 6.45) is 4.27. The fourth-order valence-corrected chi connectivity index (χ4v) is 2.59. The van der Waals surface area contributed by atoms with Gasteiger partial charge in [-0.1, -0.05) is 6.92 Å². The molecule has 0 saturated carbocycles. The van der Waals surface area contributed by atoms with Gasteiger partial charge in [0.05, 0.1) is 13.2 Å². The number of hydrogen-bond acceptors (Lipinski definition) is 3. The van der Waals surface area contributed by atoms with E-state index in [1.165, 1.54) is 12.8 Å². The van der Waals surface area contributed by atoms with Crippen molar-refractivity contribution in [3.8, 4) is 5.88 Å². The lowest BCUT2D eigenvalue weighted by molar-refractivity contribution is 0.273. The number of hydrogen-bond donors (Lipinski definition) is 1. The van der Waals surface area contributed by atoms with Gasteiger partial charge in [0.2, 0.25) is 5.88 Å². The average Bonchev–Trinajstić information content (AvgIpc) is 2.53. The minimum Gasteiger partial charge on any atom is -0.478 e. The summed E-state index contributed by atoms with van der Waals surface area (Å²) in [4.78, 5) is 11.3. The molecule has 2 rings (SSSR count). The number of rotatable bonds is 5. The highest BCUT2D eigenvalue weighted by Crippen LogP contribution is 2.16. The van der Waals surface area contributed by atoms with E-state index < -0.39 is 0 Å². The second-order valence-electron chi connectivity index (χ2n) is 5.78. The third kappa shape index (κ3) is 4.90. The van der Waals surface area contributed by atoms with E-state index >= 15 is 0 Å². The summed E-state index contributed by atoms with van der Waals surface area (Å²) >= 11 is 0. The average molecular weight is 304 g/mol. The van der Waals surface area contributed by atoms with E-state index in [1.807, 2.05) is 19.1 Å². The Hall–Kier alpha value is -1.78. The molecule has 5 nitrogen and oxygen atoms in total. The number of guanidine groups is 1. The molecule has 0 spiro atoms. The molecule has 1 aliphatic rings. The van der Waals surface area contributed by atoms with Crippen LogP contribution in [0.5, 0.6) is 5.88 Å². The van der Waals surface area contributed by atoms with Crippen molar-refractivity contribution in [3.63, 3.8) is 0 Å². The van der Waals surface area contributed by atoms with Crippen molar-refractivity contribution in [2.45, 2.75) is 40.2 Å². The molecule has 1 aromatic rings. The van der Waals surface area contributed by atoms with Gasteiger partial charge in [-0.3, -0.25) is 0 Å². The van der Waals surface area contributed by atoms with Crippen LogP contribution in [0.4, 0.5) is 0 Å². The van der Waals surface area contributed by atoms with E-state index in [4.69, 9.17) is 9.73 Å². The predicted octanol–water partition coefficient (Wildman–Crippen LogP) is 2.68. The van der Waals surface area contributed by atoms with Gasteiger partial charge in [-0.05, 0) is 44.2 Å². The number of ether oxygens (including phenoxy) is 1. The van der Waals surface area contributed by atoms with Crippen molar-refractivity contribution in [3.05, 3.63) is 23.9 Å². The van der Waals surface area contributed by atoms with Crippen molar-refractivity contribution in [1.29, 1.82) is 0 Å². The second-order valence-corrected chi connectivity index (χ2v) is 5.78. The molecule has 122 valence electrons. The van der Waals surface area contributed by atoms with E-state index in [9.17, 15) is 0 Å². The van der Waals surface area contributed by atoms with Crippen LogP contribution in [0.25, 0.3) is 0 Å². The maximum Gasteiger partial charge on any atom is 0.213 e. The minimum atomic E-state index is 0.633. The fourth-order valence-electron chi connectivity index (χ4n) is 2.59. The van der Waals surface area contributed by atoms with Gasteiger partial charge >= 0.3 is 0 Å². The molecule has 1 aromatic heterocycles. The van der Waals surface area contributed by atoms with Crippen LogP contribution in [-0.4, -0.2) is 42.1 Å². The number of piperidine rings is 1. The summed E-state index contributed by atoms with van der Waals surface area (Å²) in [6.45, 7) is 10.8. The van der Waals surface area contributed by atoms with Crippen LogP contribution in [0.3, 0.4) is 0 Å². The summed E-state index contributed by atoms with van der Waals surface area (Å²) in [6, 6.07) is 3.96. The number of aromatic nitrogens is 1. The third-order valence-corrected chi connectivity index (χ3v) is 3.92. The molecule has 0 bridgehead atoms. The first-order valence-electron chi connectivity index (χ1n) is 8.34. The standard InChI is InChI=1S/C17H28N4O/c1-4-18-17(21-10-7-14(3)8-11-21)20-13-15-6-9-19-16(12-15)22-5-2/h6,9,12,14H,4-5,7-8,10-11,13H2,1-3H3,(H,18,20). The van der Waals surface area contributed by atoms with Crippen LogP contribution in [-0.2, 0) is 6.54 Å². The second kappa shape index (κ2) is 8.61. The van der Waals surface area contributed by atoms with Gasteiger partial charge in [0.25, 0.3) is 0 Å². The van der Waals surface area contributed by atoms with Gasteiger partial charge in [0, 0.05) is 31.9 Å². The van der Waals surface area contributed by atoms with E-state index in [1.54, 1.807) is 6.20 Å². The number of nitrogens with one attached hydrogen (secondary N) is 1. The Morgan fingerprint density at radius 3 is 2.86 bits per heavy atom. The van der Waals surface area contributed by atoms with Gasteiger partial charge < -0.3 is 15.0 Å². The Kier molecular flexibility index (Phi) is 6.49. The lowest BCUT2D eigenvalue weighted by Crippen LogP contribution is -2.45. The molecule has 5 heteroatoms. The highest BCUT2D eigenvalue weighted by molar-refractivity contribution is 5.80. The maximum atomic E-state index is 5.44. The molecule has 0 unspecified atom stereocenters. The minimum absolute atomic E-state index is 0.633. The maximum absolute atomic E-state index is 5.44. The zero-order valence-corrected chi connectivity index (χ0v) is 14.0. The smallest absolute Gasteiger partial charge is 0.213 e. The van der Waals surface area contributed by atoms with Crippen LogP contribution >= 0.6 is 0 Å². The summed E-state index contributed by atoms with van der Waals surface area (Å²) < 4.78 is 5.44. The van der Waals surface area contributed by atoms with Crippen molar-refractivity contribution >= 4 is 5.96 Å². The lowest BCUT2D eigenvalue weighted by Gasteiger charge is -2.33. The Labute approximate surface area is 133 Å². The van der Waals surface area contributed by atoms with Gasteiger partial charge in [0.15, 0.2) is 5.96 Å². The van der Waals surface area contributed by atoms with Gasteiger partial charge in [-0.15, -0.1) is 0 Å². The quantitative estimate of drug-likeness (QED) is 0.671. The van der Waals surface area contributed by atoms with Gasteiger partial charge in [-0.2, -0.15) is 0 Å². The van der Waals surface area contributed by atoms with E-state index in [-0.39, 0.29) is 0 Å². The largest absolute Gasteiger partial charge is 0.478 e. The van der Waals surface area contributed by atoms with E-state index in [0.29, 0.717) is 19.0 Å². The molecular formula is C17H28N4O. The number of aliphatic imine (C=N–C) groups is 1. The van der Waals surface area contributed by atoms with Crippen molar-refractivity contribution < 1.29 is 4.74 Å². The van der Waals surface area contributed by atoms with Crippen LogP contribution < -0.4 is 10.1 Å². The highest BCUT2D eigenvalue weighted by atomic mass is 16.5. The number of likely N-dealkylation sites (tertiary alicyclic amines) is 1. The molecule has 2 heterocycles. The normalized spacial score (nSPS) is 16.7. The van der Waals surface area contributed by atoms with Crippen LogP contribution in [0.15, 0.2) is 23.3 Å². The topological polar surface area (TPSA) is 49.8 Å². The highest BCUT2D eigenvalue weighted by Gasteiger charge is 2.18. The lowest BCUT2D eigenvalue weighted by atomic mass is 10.00. The van der Waals surface area contributed by atoms with Crippen LogP contribution in [0.2, 0.25) is 0 Å². The molecule has 0 radical (unpaired) electrons. The van der Waals surface area contributed by atoms with Crippen LogP contribution in [0.1, 0.15) is 39.2 Å². The van der Waals surface area contributed by atoms with E-state index in [0.717, 1.165) is 37.1 Å². The molecule has 1 N–H and O–H groups in total. The van der Waals surface area contributed by atoms with Crippen molar-refractivity contribution in [1.82, 2.24) is 15.2 Å². The first-order valence-corrected chi connectivity index (χ1v) is 8.34. The van der Waals surface area contributed by atoms with E-state index in [2.05, 4.69) is 29.0 Å².